The van der Waals surface area contributed by atoms with Crippen molar-refractivity contribution in [1.29, 1.82) is 0 Å². The normalized spacial score (nSPS) is 14.4. The predicted octanol–water partition coefficient (Wildman–Crippen LogP) is 1.75. The van der Waals surface area contributed by atoms with Crippen LogP contribution in [0.1, 0.15) is 37.8 Å². The summed E-state index contributed by atoms with van der Waals surface area (Å²) < 4.78 is 1.84. The van der Waals surface area contributed by atoms with Crippen LogP contribution in [0.2, 0.25) is 0 Å². The fourth-order valence-electron chi connectivity index (χ4n) is 3.48. The highest BCUT2D eigenvalue weighted by Gasteiger charge is 2.25. The van der Waals surface area contributed by atoms with Gasteiger partial charge in [-0.1, -0.05) is 30.3 Å². The number of carbonyl (C=O) groups is 3. The van der Waals surface area contributed by atoms with Crippen LogP contribution < -0.4 is 10.6 Å². The van der Waals surface area contributed by atoms with Crippen LogP contribution >= 0.6 is 0 Å². The largest absolute Gasteiger partial charge is 0.347 e. The molecule has 8 heteroatoms. The maximum absolute atomic E-state index is 12.3. The van der Waals surface area contributed by atoms with Crippen LogP contribution in [-0.4, -0.2) is 52.0 Å². The molecule has 2 N–H and O–H groups in total. The molecular weight excluding hydrogens is 370 g/mol. The Bertz CT molecular complexity index is 841. The molecule has 2 heterocycles. The number of anilines is 1. The average Bonchev–Trinajstić information content (AvgIpc) is 3.19. The van der Waals surface area contributed by atoms with Crippen molar-refractivity contribution in [3.05, 3.63) is 48.2 Å². The number of rotatable bonds is 7. The van der Waals surface area contributed by atoms with Crippen molar-refractivity contribution in [2.45, 2.75) is 38.6 Å². The molecule has 1 aliphatic rings. The number of hydrogen-bond donors (Lipinski definition) is 2. The zero-order valence-electron chi connectivity index (χ0n) is 16.6. The summed E-state index contributed by atoms with van der Waals surface area (Å²) in [5.41, 5.74) is 1.13. The zero-order valence-corrected chi connectivity index (χ0v) is 16.6. The molecular formula is C21H27N5O3. The lowest BCUT2D eigenvalue weighted by Gasteiger charge is -2.32. The molecule has 3 rings (SSSR count). The monoisotopic (exact) mass is 397 g/mol. The minimum absolute atomic E-state index is 0.0322. The van der Waals surface area contributed by atoms with Gasteiger partial charge in [-0.25, -0.2) is 4.68 Å². The molecule has 3 amide bonds. The first-order valence-corrected chi connectivity index (χ1v) is 9.92. The highest BCUT2D eigenvalue weighted by molar-refractivity contribution is 5.90. The van der Waals surface area contributed by atoms with E-state index in [-0.39, 0.29) is 30.3 Å². The van der Waals surface area contributed by atoms with Gasteiger partial charge >= 0.3 is 0 Å². The Hall–Kier alpha value is -3.16. The second-order valence-electron chi connectivity index (χ2n) is 7.22. The molecule has 8 nitrogen and oxygen atoms in total. The number of nitrogens with zero attached hydrogens (tertiary/aromatic N) is 3. The molecule has 0 aliphatic carbocycles. The number of nitrogens with one attached hydrogen (secondary N) is 2. The summed E-state index contributed by atoms with van der Waals surface area (Å²) in [6.45, 7) is 2.63. The first-order valence-electron chi connectivity index (χ1n) is 9.92. The summed E-state index contributed by atoms with van der Waals surface area (Å²) in [7, 11) is 0. The molecule has 154 valence electrons. The molecule has 1 aromatic heterocycles. The van der Waals surface area contributed by atoms with Crippen LogP contribution in [0.3, 0.4) is 0 Å². The summed E-state index contributed by atoms with van der Waals surface area (Å²) >= 11 is 0. The van der Waals surface area contributed by atoms with Crippen LogP contribution in [0.15, 0.2) is 42.6 Å². The fraction of sp³-hybridized carbons (Fsp3) is 0.429. The number of likely N-dealkylation sites (tertiary alicyclic amines) is 1. The average molecular weight is 397 g/mol. The number of hydrogen-bond acceptors (Lipinski definition) is 4. The molecule has 1 saturated heterocycles. The minimum Gasteiger partial charge on any atom is -0.347 e. The lowest BCUT2D eigenvalue weighted by atomic mass is 10.1. The van der Waals surface area contributed by atoms with E-state index in [0.717, 1.165) is 18.4 Å². The molecule has 0 radical (unpaired) electrons. The number of piperidine rings is 1. The van der Waals surface area contributed by atoms with E-state index in [1.807, 2.05) is 35.0 Å². The topological polar surface area (TPSA) is 96.3 Å². The number of aryl methyl sites for hydroxylation is 1. The Morgan fingerprint density at radius 1 is 1.10 bits per heavy atom. The van der Waals surface area contributed by atoms with Gasteiger partial charge in [-0.05, 0) is 24.8 Å². The number of amides is 3. The summed E-state index contributed by atoms with van der Waals surface area (Å²) in [6, 6.07) is 11.8. The maximum Gasteiger partial charge on any atom is 0.241 e. The lowest BCUT2D eigenvalue weighted by molar-refractivity contribution is -0.133. The van der Waals surface area contributed by atoms with Crippen molar-refractivity contribution in [3.63, 3.8) is 0 Å². The van der Waals surface area contributed by atoms with E-state index in [4.69, 9.17) is 0 Å². The standard InChI is InChI=1S/C21H27N5O3/c1-16(27)22-15-21(29)25-13-10-18(11-14-25)26-19(9-12-23-26)24-20(28)8-7-17-5-3-2-4-6-17/h2-6,9,12,18H,7-8,10-11,13-15H2,1H3,(H,22,27)(H,24,28). The minimum atomic E-state index is -0.211. The molecule has 0 spiro atoms. The Balaban J connectivity index is 1.49. The second-order valence-corrected chi connectivity index (χ2v) is 7.22. The van der Waals surface area contributed by atoms with Gasteiger partial charge in [-0.3, -0.25) is 14.4 Å². The van der Waals surface area contributed by atoms with Gasteiger partial charge in [0.2, 0.25) is 17.7 Å². The van der Waals surface area contributed by atoms with Gasteiger partial charge < -0.3 is 15.5 Å². The van der Waals surface area contributed by atoms with Crippen LogP contribution in [-0.2, 0) is 20.8 Å². The Morgan fingerprint density at radius 2 is 1.83 bits per heavy atom. The molecule has 0 unspecified atom stereocenters. The maximum atomic E-state index is 12.3. The smallest absolute Gasteiger partial charge is 0.241 e. The van der Waals surface area contributed by atoms with Gasteiger partial charge in [-0.2, -0.15) is 5.10 Å². The van der Waals surface area contributed by atoms with E-state index in [1.54, 1.807) is 17.2 Å². The van der Waals surface area contributed by atoms with Crippen molar-refractivity contribution < 1.29 is 14.4 Å². The Labute approximate surface area is 170 Å². The third kappa shape index (κ3) is 5.91. The first kappa shape index (κ1) is 20.6. The van der Waals surface area contributed by atoms with Crippen molar-refractivity contribution in [1.82, 2.24) is 20.0 Å². The molecule has 0 bridgehead atoms. The van der Waals surface area contributed by atoms with Gasteiger partial charge in [0.25, 0.3) is 0 Å². The van der Waals surface area contributed by atoms with E-state index in [1.165, 1.54) is 6.92 Å². The molecule has 29 heavy (non-hydrogen) atoms. The van der Waals surface area contributed by atoms with Crippen molar-refractivity contribution in [3.8, 4) is 0 Å². The van der Waals surface area contributed by atoms with Crippen LogP contribution in [0, 0.1) is 0 Å². The van der Waals surface area contributed by atoms with Gasteiger partial charge in [-0.15, -0.1) is 0 Å². The van der Waals surface area contributed by atoms with Crippen molar-refractivity contribution >= 4 is 23.5 Å². The quantitative estimate of drug-likeness (QED) is 0.744. The van der Waals surface area contributed by atoms with E-state index in [2.05, 4.69) is 15.7 Å². The van der Waals surface area contributed by atoms with Gasteiger partial charge in [0.1, 0.15) is 5.82 Å². The molecule has 1 fully saturated rings. The first-order chi connectivity index (χ1) is 14.0. The Kier molecular flexibility index (Phi) is 6.99. The molecule has 0 atom stereocenters. The fourth-order valence-corrected chi connectivity index (χ4v) is 3.48. The summed E-state index contributed by atoms with van der Waals surface area (Å²) in [4.78, 5) is 37.2. The SMILES string of the molecule is CC(=O)NCC(=O)N1CCC(n2nccc2NC(=O)CCc2ccccc2)CC1. The van der Waals surface area contributed by atoms with Gasteiger partial charge in [0.15, 0.2) is 0 Å². The predicted molar refractivity (Wildman–Crippen MR) is 109 cm³/mol. The van der Waals surface area contributed by atoms with E-state index >= 15 is 0 Å². The zero-order chi connectivity index (χ0) is 20.6. The lowest BCUT2D eigenvalue weighted by Crippen LogP contribution is -2.44. The highest BCUT2D eigenvalue weighted by atomic mass is 16.2. The van der Waals surface area contributed by atoms with E-state index in [0.29, 0.717) is 31.7 Å². The number of benzene rings is 1. The Morgan fingerprint density at radius 3 is 2.52 bits per heavy atom. The van der Waals surface area contributed by atoms with Crippen molar-refractivity contribution in [2.75, 3.05) is 25.0 Å². The molecule has 1 aromatic carbocycles. The molecule has 1 aliphatic heterocycles. The molecule has 2 aromatic rings. The van der Waals surface area contributed by atoms with Gasteiger partial charge in [0, 0.05) is 32.5 Å². The number of carbonyl (C=O) groups excluding carboxylic acids is 3. The number of aromatic nitrogens is 2. The third-order valence-electron chi connectivity index (χ3n) is 5.07. The van der Waals surface area contributed by atoms with Crippen molar-refractivity contribution in [2.24, 2.45) is 0 Å². The molecule has 0 saturated carbocycles. The van der Waals surface area contributed by atoms with Gasteiger partial charge in [0.05, 0.1) is 18.8 Å². The summed E-state index contributed by atoms with van der Waals surface area (Å²) in [6.07, 6.45) is 4.28. The third-order valence-corrected chi connectivity index (χ3v) is 5.07. The summed E-state index contributed by atoms with van der Waals surface area (Å²) in [5.74, 6) is 0.357. The summed E-state index contributed by atoms with van der Waals surface area (Å²) in [5, 5.41) is 9.88. The van der Waals surface area contributed by atoms with E-state index in [9.17, 15) is 14.4 Å². The van der Waals surface area contributed by atoms with E-state index < -0.39 is 0 Å². The highest BCUT2D eigenvalue weighted by Crippen LogP contribution is 2.25. The van der Waals surface area contributed by atoms with Crippen LogP contribution in [0.5, 0.6) is 0 Å². The van der Waals surface area contributed by atoms with Crippen LogP contribution in [0.4, 0.5) is 5.82 Å². The van der Waals surface area contributed by atoms with Crippen LogP contribution in [0.25, 0.3) is 0 Å². The second kappa shape index (κ2) is 9.86.